The van der Waals surface area contributed by atoms with E-state index in [4.69, 9.17) is 17.0 Å². The molecule has 0 saturated heterocycles. The summed E-state index contributed by atoms with van der Waals surface area (Å²) in [6.07, 6.45) is 0. The van der Waals surface area contributed by atoms with Crippen molar-refractivity contribution in [3.8, 4) is 5.75 Å². The van der Waals surface area contributed by atoms with Crippen molar-refractivity contribution in [1.82, 2.24) is 16.2 Å². The highest BCUT2D eigenvalue weighted by Gasteiger charge is 2.09. The highest BCUT2D eigenvalue weighted by atomic mass is 32.1. The van der Waals surface area contributed by atoms with Gasteiger partial charge in [-0.05, 0) is 61.1 Å². The fourth-order valence-corrected chi connectivity index (χ4v) is 2.31. The first-order chi connectivity index (χ1) is 13.3. The molecule has 3 amide bonds. The number of ether oxygens (including phenoxy) is 1. The molecule has 28 heavy (non-hydrogen) atoms. The van der Waals surface area contributed by atoms with Crippen molar-refractivity contribution in [3.63, 3.8) is 0 Å². The Balaban J connectivity index is 1.74. The third-order valence-electron chi connectivity index (χ3n) is 3.37. The lowest BCUT2D eigenvalue weighted by atomic mass is 10.2. The van der Waals surface area contributed by atoms with Crippen molar-refractivity contribution in [2.45, 2.75) is 13.8 Å². The average molecular weight is 400 g/mol. The van der Waals surface area contributed by atoms with E-state index in [9.17, 15) is 14.4 Å². The van der Waals surface area contributed by atoms with Gasteiger partial charge in [-0.3, -0.25) is 30.6 Å². The number of hydrazine groups is 1. The quantitative estimate of drug-likeness (QED) is 0.449. The maximum absolute atomic E-state index is 12.1. The molecule has 0 aliphatic rings. The van der Waals surface area contributed by atoms with Crippen molar-refractivity contribution in [2.75, 3.05) is 11.9 Å². The van der Waals surface area contributed by atoms with E-state index in [2.05, 4.69) is 21.5 Å². The molecule has 0 bridgehead atoms. The molecule has 0 aliphatic heterocycles. The fraction of sp³-hybridized carbons (Fsp3) is 0.158. The fourth-order valence-electron chi connectivity index (χ4n) is 2.14. The second-order valence-electron chi connectivity index (χ2n) is 5.82. The highest BCUT2D eigenvalue weighted by Crippen LogP contribution is 2.12. The van der Waals surface area contributed by atoms with Crippen LogP contribution in [0.3, 0.4) is 0 Å². The van der Waals surface area contributed by atoms with Crippen molar-refractivity contribution in [3.05, 3.63) is 59.7 Å². The van der Waals surface area contributed by atoms with Gasteiger partial charge in [-0.15, -0.1) is 0 Å². The smallest absolute Gasteiger partial charge is 0.269 e. The van der Waals surface area contributed by atoms with Gasteiger partial charge < -0.3 is 10.1 Å². The number of amides is 3. The number of hydrogen-bond donors (Lipinski definition) is 4. The van der Waals surface area contributed by atoms with Gasteiger partial charge in [0.1, 0.15) is 5.75 Å². The van der Waals surface area contributed by atoms with E-state index in [1.165, 1.54) is 6.92 Å². The molecule has 0 fully saturated rings. The van der Waals surface area contributed by atoms with Gasteiger partial charge in [0.25, 0.3) is 11.8 Å². The van der Waals surface area contributed by atoms with Crippen LogP contribution in [0.2, 0.25) is 0 Å². The third-order valence-corrected chi connectivity index (χ3v) is 3.57. The first-order valence-electron chi connectivity index (χ1n) is 8.31. The lowest BCUT2D eigenvalue weighted by Crippen LogP contribution is -2.49. The summed E-state index contributed by atoms with van der Waals surface area (Å²) in [5.41, 5.74) is 6.75. The van der Waals surface area contributed by atoms with E-state index >= 15 is 0 Å². The molecule has 2 rings (SSSR count). The van der Waals surface area contributed by atoms with Crippen LogP contribution in [0, 0.1) is 6.92 Å². The molecular formula is C19H20N4O4S. The number of rotatable bonds is 5. The molecular weight excluding hydrogens is 380 g/mol. The Labute approximate surface area is 167 Å². The van der Waals surface area contributed by atoms with Crippen LogP contribution < -0.4 is 26.2 Å². The normalized spacial score (nSPS) is 9.79. The molecule has 0 radical (unpaired) electrons. The molecule has 4 N–H and O–H groups in total. The van der Waals surface area contributed by atoms with Gasteiger partial charge in [-0.1, -0.05) is 12.1 Å². The van der Waals surface area contributed by atoms with E-state index in [1.54, 1.807) is 36.4 Å². The first-order valence-corrected chi connectivity index (χ1v) is 8.71. The van der Waals surface area contributed by atoms with Crippen molar-refractivity contribution >= 4 is 40.7 Å². The predicted molar refractivity (Wildman–Crippen MR) is 109 cm³/mol. The molecule has 0 aliphatic carbocycles. The van der Waals surface area contributed by atoms with Gasteiger partial charge in [-0.2, -0.15) is 0 Å². The van der Waals surface area contributed by atoms with E-state index in [1.807, 2.05) is 19.1 Å². The van der Waals surface area contributed by atoms with Gasteiger partial charge in [0.2, 0.25) is 5.91 Å². The maximum atomic E-state index is 12.1. The van der Waals surface area contributed by atoms with Crippen LogP contribution in [0.1, 0.15) is 22.8 Å². The van der Waals surface area contributed by atoms with Crippen LogP contribution in [-0.4, -0.2) is 29.4 Å². The Morgan fingerprint density at radius 1 is 1.04 bits per heavy atom. The predicted octanol–water partition coefficient (Wildman–Crippen LogP) is 1.67. The number of carbonyl (C=O) groups is 3. The zero-order chi connectivity index (χ0) is 20.5. The number of thiocarbonyl (C=S) groups is 1. The molecule has 0 heterocycles. The van der Waals surface area contributed by atoms with Crippen LogP contribution in [0.4, 0.5) is 5.69 Å². The second-order valence-corrected chi connectivity index (χ2v) is 6.23. The van der Waals surface area contributed by atoms with Gasteiger partial charge in [-0.25, -0.2) is 0 Å². The van der Waals surface area contributed by atoms with E-state index < -0.39 is 11.8 Å². The zero-order valence-electron chi connectivity index (χ0n) is 15.4. The van der Waals surface area contributed by atoms with Crippen LogP contribution in [0.15, 0.2) is 48.5 Å². The Morgan fingerprint density at radius 2 is 1.75 bits per heavy atom. The lowest BCUT2D eigenvalue weighted by Gasteiger charge is -2.12. The third kappa shape index (κ3) is 7.04. The van der Waals surface area contributed by atoms with Crippen molar-refractivity contribution in [2.24, 2.45) is 0 Å². The minimum absolute atomic E-state index is 0.0685. The van der Waals surface area contributed by atoms with E-state index in [0.717, 1.165) is 5.56 Å². The first kappa shape index (κ1) is 20.8. The van der Waals surface area contributed by atoms with Crippen LogP contribution >= 0.6 is 12.2 Å². The molecule has 0 saturated carbocycles. The minimum Gasteiger partial charge on any atom is -0.484 e. The Kier molecular flexibility index (Phi) is 7.46. The summed E-state index contributed by atoms with van der Waals surface area (Å²) in [5, 5.41) is 4.93. The largest absolute Gasteiger partial charge is 0.484 e. The second kappa shape index (κ2) is 10.0. The van der Waals surface area contributed by atoms with Crippen LogP contribution in [0.25, 0.3) is 0 Å². The molecule has 2 aromatic carbocycles. The molecule has 0 atom stereocenters. The van der Waals surface area contributed by atoms with Crippen molar-refractivity contribution < 1.29 is 19.1 Å². The molecule has 8 nitrogen and oxygen atoms in total. The zero-order valence-corrected chi connectivity index (χ0v) is 16.2. The summed E-state index contributed by atoms with van der Waals surface area (Å²) in [6.45, 7) is 3.09. The lowest BCUT2D eigenvalue weighted by molar-refractivity contribution is -0.121. The van der Waals surface area contributed by atoms with Gasteiger partial charge in [0.15, 0.2) is 11.7 Å². The van der Waals surface area contributed by atoms with E-state index in [0.29, 0.717) is 17.0 Å². The molecule has 2 aromatic rings. The number of aryl methyl sites for hydroxylation is 1. The Bertz CT molecular complexity index is 884. The summed E-state index contributed by atoms with van der Waals surface area (Å²) in [5.74, 6) is -0.550. The number of hydrogen-bond acceptors (Lipinski definition) is 5. The monoisotopic (exact) mass is 400 g/mol. The summed E-state index contributed by atoms with van der Waals surface area (Å²) in [6, 6.07) is 13.6. The number of anilines is 1. The Hall–Kier alpha value is -3.46. The number of benzene rings is 2. The molecule has 9 heteroatoms. The Morgan fingerprint density at radius 3 is 2.39 bits per heavy atom. The maximum Gasteiger partial charge on any atom is 0.269 e. The number of nitrogens with one attached hydrogen (secondary N) is 4. The standard InChI is InChI=1S/C19H20N4O4S/c1-12-4-3-5-16(10-12)27-11-17(25)21-19(28)23-22-18(26)14-6-8-15(9-7-14)20-13(2)24/h3-10H,11H2,1-2H3,(H,20,24)(H,22,26)(H2,21,23,25,28). The topological polar surface area (TPSA) is 109 Å². The highest BCUT2D eigenvalue weighted by molar-refractivity contribution is 7.80. The minimum atomic E-state index is -0.465. The van der Waals surface area contributed by atoms with Gasteiger partial charge >= 0.3 is 0 Å². The summed E-state index contributed by atoms with van der Waals surface area (Å²) in [7, 11) is 0. The molecule has 146 valence electrons. The summed E-state index contributed by atoms with van der Waals surface area (Å²) >= 11 is 4.96. The summed E-state index contributed by atoms with van der Waals surface area (Å²) in [4.78, 5) is 34.9. The number of carbonyl (C=O) groups excluding carboxylic acids is 3. The van der Waals surface area contributed by atoms with Crippen molar-refractivity contribution in [1.29, 1.82) is 0 Å². The van der Waals surface area contributed by atoms with Gasteiger partial charge in [0.05, 0.1) is 0 Å². The molecule has 0 unspecified atom stereocenters. The van der Waals surface area contributed by atoms with E-state index in [-0.39, 0.29) is 17.6 Å². The van der Waals surface area contributed by atoms with Gasteiger partial charge in [0, 0.05) is 18.2 Å². The summed E-state index contributed by atoms with van der Waals surface area (Å²) < 4.78 is 5.37. The molecule has 0 aromatic heterocycles. The van der Waals surface area contributed by atoms with Crippen LogP contribution in [0.5, 0.6) is 5.75 Å². The molecule has 0 spiro atoms. The SMILES string of the molecule is CC(=O)Nc1ccc(C(=O)NNC(=S)NC(=O)COc2cccc(C)c2)cc1. The van der Waals surface area contributed by atoms with Crippen LogP contribution in [-0.2, 0) is 9.59 Å². The average Bonchev–Trinajstić information content (AvgIpc) is 2.64.